The van der Waals surface area contributed by atoms with Gasteiger partial charge in [-0.25, -0.2) is 4.39 Å². The smallest absolute Gasteiger partial charge is 0.327 e. The van der Waals surface area contributed by atoms with E-state index in [9.17, 15) is 9.18 Å². The maximum Gasteiger partial charge on any atom is 0.327 e. The number of hydrogen-bond donors (Lipinski definition) is 1. The van der Waals surface area contributed by atoms with E-state index < -0.39 is 17.8 Å². The number of benzene rings is 1. The average Bonchev–Trinajstić information content (AvgIpc) is 2.16. The van der Waals surface area contributed by atoms with Crippen molar-refractivity contribution in [2.75, 3.05) is 7.11 Å². The van der Waals surface area contributed by atoms with Gasteiger partial charge in [0.2, 0.25) is 0 Å². The van der Waals surface area contributed by atoms with Gasteiger partial charge in [0, 0.05) is 10.6 Å². The summed E-state index contributed by atoms with van der Waals surface area (Å²) >= 11 is 5.70. The standard InChI is InChI=1S/C9H9ClFNO2/c1-14-9(13)8(12)7-5(10)3-2-4-6(7)11/h2-4,8H,12H2,1H3. The first kappa shape index (κ1) is 10.9. The SMILES string of the molecule is COC(=O)C(N)c1c(F)cccc1Cl. The molecule has 0 saturated carbocycles. The Labute approximate surface area is 85.6 Å². The summed E-state index contributed by atoms with van der Waals surface area (Å²) in [5.41, 5.74) is 5.41. The first-order chi connectivity index (χ1) is 6.57. The molecule has 0 amide bonds. The van der Waals surface area contributed by atoms with E-state index in [1.165, 1.54) is 25.3 Å². The summed E-state index contributed by atoms with van der Waals surface area (Å²) in [6.45, 7) is 0. The number of ether oxygens (including phenoxy) is 1. The predicted octanol–water partition coefficient (Wildman–Crippen LogP) is 1.65. The molecule has 76 valence electrons. The van der Waals surface area contributed by atoms with Crippen LogP contribution >= 0.6 is 11.6 Å². The molecular formula is C9H9ClFNO2. The minimum atomic E-state index is -1.19. The van der Waals surface area contributed by atoms with Crippen molar-refractivity contribution in [2.24, 2.45) is 5.73 Å². The van der Waals surface area contributed by atoms with Crippen LogP contribution in [0.4, 0.5) is 4.39 Å². The van der Waals surface area contributed by atoms with Crippen LogP contribution in [0.15, 0.2) is 18.2 Å². The first-order valence-corrected chi connectivity index (χ1v) is 4.23. The number of hydrogen-bond acceptors (Lipinski definition) is 3. The fraction of sp³-hybridized carbons (Fsp3) is 0.222. The summed E-state index contributed by atoms with van der Waals surface area (Å²) in [4.78, 5) is 11.0. The highest BCUT2D eigenvalue weighted by Crippen LogP contribution is 2.24. The number of methoxy groups -OCH3 is 1. The van der Waals surface area contributed by atoms with Crippen molar-refractivity contribution < 1.29 is 13.9 Å². The van der Waals surface area contributed by atoms with Crippen LogP contribution in [-0.4, -0.2) is 13.1 Å². The van der Waals surface area contributed by atoms with Crippen molar-refractivity contribution >= 4 is 17.6 Å². The van der Waals surface area contributed by atoms with Crippen molar-refractivity contribution in [2.45, 2.75) is 6.04 Å². The summed E-state index contributed by atoms with van der Waals surface area (Å²) < 4.78 is 17.6. The van der Waals surface area contributed by atoms with Crippen LogP contribution in [-0.2, 0) is 9.53 Å². The second kappa shape index (κ2) is 4.39. The molecule has 2 N–H and O–H groups in total. The zero-order valence-corrected chi connectivity index (χ0v) is 8.22. The van der Waals surface area contributed by atoms with Gasteiger partial charge in [0.15, 0.2) is 0 Å². The van der Waals surface area contributed by atoms with Crippen LogP contribution in [0.1, 0.15) is 11.6 Å². The van der Waals surface area contributed by atoms with E-state index in [-0.39, 0.29) is 10.6 Å². The van der Waals surface area contributed by atoms with E-state index >= 15 is 0 Å². The fourth-order valence-electron chi connectivity index (χ4n) is 1.05. The Morgan fingerprint density at radius 1 is 1.64 bits per heavy atom. The molecule has 0 heterocycles. The van der Waals surface area contributed by atoms with Gasteiger partial charge in [0.25, 0.3) is 0 Å². The largest absolute Gasteiger partial charge is 0.468 e. The minimum Gasteiger partial charge on any atom is -0.468 e. The number of halogens is 2. The lowest BCUT2D eigenvalue weighted by Crippen LogP contribution is -2.24. The molecule has 14 heavy (non-hydrogen) atoms. The third-order valence-corrected chi connectivity index (χ3v) is 2.10. The predicted molar refractivity (Wildman–Crippen MR) is 50.4 cm³/mol. The quantitative estimate of drug-likeness (QED) is 0.767. The zero-order chi connectivity index (χ0) is 10.7. The molecule has 5 heteroatoms. The number of nitrogens with two attached hydrogens (primary N) is 1. The van der Waals surface area contributed by atoms with Crippen LogP contribution in [0.2, 0.25) is 5.02 Å². The number of esters is 1. The normalized spacial score (nSPS) is 12.3. The molecule has 1 rings (SSSR count). The minimum absolute atomic E-state index is 0.0407. The van der Waals surface area contributed by atoms with Crippen molar-refractivity contribution in [3.63, 3.8) is 0 Å². The van der Waals surface area contributed by atoms with Gasteiger partial charge in [-0.05, 0) is 12.1 Å². The lowest BCUT2D eigenvalue weighted by molar-refractivity contribution is -0.142. The molecule has 0 aliphatic rings. The van der Waals surface area contributed by atoms with Gasteiger partial charge in [-0.1, -0.05) is 17.7 Å². The average molecular weight is 218 g/mol. The van der Waals surface area contributed by atoms with Crippen LogP contribution in [0.25, 0.3) is 0 Å². The van der Waals surface area contributed by atoms with Gasteiger partial charge in [-0.15, -0.1) is 0 Å². The molecule has 0 saturated heterocycles. The van der Waals surface area contributed by atoms with E-state index in [1.807, 2.05) is 0 Å². The monoisotopic (exact) mass is 217 g/mol. The van der Waals surface area contributed by atoms with Gasteiger partial charge >= 0.3 is 5.97 Å². The molecule has 1 aromatic carbocycles. The molecule has 0 fully saturated rings. The molecule has 3 nitrogen and oxygen atoms in total. The Bertz CT molecular complexity index is 336. The summed E-state index contributed by atoms with van der Waals surface area (Å²) in [5.74, 6) is -1.34. The van der Waals surface area contributed by atoms with Crippen LogP contribution < -0.4 is 5.73 Å². The van der Waals surface area contributed by atoms with Gasteiger partial charge in [-0.3, -0.25) is 4.79 Å². The number of rotatable bonds is 2. The van der Waals surface area contributed by atoms with Crippen molar-refractivity contribution in [1.29, 1.82) is 0 Å². The van der Waals surface area contributed by atoms with Gasteiger partial charge in [0.1, 0.15) is 11.9 Å². The third kappa shape index (κ3) is 2.02. The Balaban J connectivity index is 3.11. The van der Waals surface area contributed by atoms with Crippen molar-refractivity contribution in [3.8, 4) is 0 Å². The second-order valence-corrected chi connectivity index (χ2v) is 3.04. The first-order valence-electron chi connectivity index (χ1n) is 3.85. The van der Waals surface area contributed by atoms with Crippen molar-refractivity contribution in [1.82, 2.24) is 0 Å². The summed E-state index contributed by atoms with van der Waals surface area (Å²) in [6, 6.07) is 2.89. The van der Waals surface area contributed by atoms with Gasteiger partial charge in [0.05, 0.1) is 7.11 Å². The highest BCUT2D eigenvalue weighted by atomic mass is 35.5. The molecule has 0 aromatic heterocycles. The lowest BCUT2D eigenvalue weighted by atomic mass is 10.1. The molecule has 0 spiro atoms. The number of carbonyl (C=O) groups excluding carboxylic acids is 1. The maximum atomic E-state index is 13.2. The van der Waals surface area contributed by atoms with Gasteiger partial charge < -0.3 is 10.5 Å². The maximum absolute atomic E-state index is 13.2. The molecule has 1 atom stereocenters. The van der Waals surface area contributed by atoms with Crippen molar-refractivity contribution in [3.05, 3.63) is 34.6 Å². The highest BCUT2D eigenvalue weighted by molar-refractivity contribution is 6.31. The topological polar surface area (TPSA) is 52.3 Å². The second-order valence-electron chi connectivity index (χ2n) is 2.64. The van der Waals surface area contributed by atoms with Crippen LogP contribution in [0.5, 0.6) is 0 Å². The summed E-state index contributed by atoms with van der Waals surface area (Å²) in [5, 5.41) is 0.114. The molecular weight excluding hydrogens is 209 g/mol. The molecule has 1 aromatic rings. The summed E-state index contributed by atoms with van der Waals surface area (Å²) in [6.07, 6.45) is 0. The van der Waals surface area contributed by atoms with E-state index in [2.05, 4.69) is 4.74 Å². The zero-order valence-electron chi connectivity index (χ0n) is 7.46. The Kier molecular flexibility index (Phi) is 3.43. The van der Waals surface area contributed by atoms with E-state index in [1.54, 1.807) is 0 Å². The lowest BCUT2D eigenvalue weighted by Gasteiger charge is -2.11. The Morgan fingerprint density at radius 3 is 2.79 bits per heavy atom. The fourth-order valence-corrected chi connectivity index (χ4v) is 1.33. The van der Waals surface area contributed by atoms with E-state index in [0.717, 1.165) is 0 Å². The van der Waals surface area contributed by atoms with Crippen LogP contribution in [0, 0.1) is 5.82 Å². The Hall–Kier alpha value is -1.13. The summed E-state index contributed by atoms with van der Waals surface area (Å²) in [7, 11) is 1.18. The van der Waals surface area contributed by atoms with E-state index in [0.29, 0.717) is 0 Å². The molecule has 1 unspecified atom stereocenters. The van der Waals surface area contributed by atoms with E-state index in [4.69, 9.17) is 17.3 Å². The highest BCUT2D eigenvalue weighted by Gasteiger charge is 2.22. The molecule has 0 aliphatic carbocycles. The van der Waals surface area contributed by atoms with Crippen LogP contribution in [0.3, 0.4) is 0 Å². The molecule has 0 aliphatic heterocycles. The number of carbonyl (C=O) groups is 1. The third-order valence-electron chi connectivity index (χ3n) is 1.77. The molecule has 0 bridgehead atoms. The molecule has 0 radical (unpaired) electrons. The van der Waals surface area contributed by atoms with Gasteiger partial charge in [-0.2, -0.15) is 0 Å². The Morgan fingerprint density at radius 2 is 2.29 bits per heavy atom.